The summed E-state index contributed by atoms with van der Waals surface area (Å²) in [4.78, 5) is 12.3. The molecule has 0 bridgehead atoms. The fourth-order valence-electron chi connectivity index (χ4n) is 2.23. The Morgan fingerprint density at radius 3 is 3.22 bits per heavy atom. The van der Waals surface area contributed by atoms with Gasteiger partial charge in [0.05, 0.1) is 23.8 Å². The summed E-state index contributed by atoms with van der Waals surface area (Å²) in [5.41, 5.74) is 0.666. The third-order valence-electron chi connectivity index (χ3n) is 3.20. The first-order chi connectivity index (χ1) is 8.72. The van der Waals surface area contributed by atoms with Crippen LogP contribution in [0.4, 0.5) is 0 Å². The van der Waals surface area contributed by atoms with Gasteiger partial charge < -0.3 is 10.1 Å². The van der Waals surface area contributed by atoms with E-state index in [0.29, 0.717) is 31.2 Å². The second kappa shape index (κ2) is 6.45. The maximum atomic E-state index is 12.3. The lowest BCUT2D eigenvalue weighted by Gasteiger charge is -2.10. The highest BCUT2D eigenvalue weighted by atomic mass is 79.9. The SMILES string of the molecule is COCCn1ncc(Br)c1C(=O)CC1CCNC1. The van der Waals surface area contributed by atoms with E-state index in [1.165, 1.54) is 0 Å². The molecule has 6 heteroatoms. The van der Waals surface area contributed by atoms with Gasteiger partial charge in [0.1, 0.15) is 5.69 Å². The molecule has 1 aromatic rings. The van der Waals surface area contributed by atoms with Crippen molar-refractivity contribution in [1.29, 1.82) is 0 Å². The Bertz CT molecular complexity index is 413. The molecule has 1 aromatic heterocycles. The van der Waals surface area contributed by atoms with Gasteiger partial charge in [0.25, 0.3) is 0 Å². The molecule has 1 N–H and O–H groups in total. The molecule has 1 atom stereocenters. The van der Waals surface area contributed by atoms with Crippen LogP contribution in [0.5, 0.6) is 0 Å². The summed E-state index contributed by atoms with van der Waals surface area (Å²) >= 11 is 3.40. The predicted molar refractivity (Wildman–Crippen MR) is 71.7 cm³/mol. The highest BCUT2D eigenvalue weighted by Gasteiger charge is 2.23. The summed E-state index contributed by atoms with van der Waals surface area (Å²) in [5.74, 6) is 0.611. The Hall–Kier alpha value is -0.720. The maximum Gasteiger partial charge on any atom is 0.182 e. The zero-order chi connectivity index (χ0) is 13.0. The molecule has 5 nitrogen and oxygen atoms in total. The van der Waals surface area contributed by atoms with Crippen molar-refractivity contribution in [3.63, 3.8) is 0 Å². The van der Waals surface area contributed by atoms with Crippen LogP contribution in [0.15, 0.2) is 10.7 Å². The van der Waals surface area contributed by atoms with Crippen molar-refractivity contribution in [2.45, 2.75) is 19.4 Å². The van der Waals surface area contributed by atoms with E-state index in [9.17, 15) is 4.79 Å². The van der Waals surface area contributed by atoms with Gasteiger partial charge in [-0.2, -0.15) is 5.10 Å². The molecule has 0 amide bonds. The lowest BCUT2D eigenvalue weighted by atomic mass is 10.0. The van der Waals surface area contributed by atoms with E-state index < -0.39 is 0 Å². The van der Waals surface area contributed by atoms with Crippen LogP contribution in [-0.2, 0) is 11.3 Å². The van der Waals surface area contributed by atoms with E-state index in [-0.39, 0.29) is 5.78 Å². The first kappa shape index (κ1) is 13.7. The molecule has 0 aromatic carbocycles. The third-order valence-corrected chi connectivity index (χ3v) is 3.78. The number of methoxy groups -OCH3 is 1. The van der Waals surface area contributed by atoms with Crippen molar-refractivity contribution in [2.24, 2.45) is 5.92 Å². The molecule has 1 fully saturated rings. The minimum atomic E-state index is 0.157. The topological polar surface area (TPSA) is 56.2 Å². The summed E-state index contributed by atoms with van der Waals surface area (Å²) in [6.07, 6.45) is 3.34. The molecule has 18 heavy (non-hydrogen) atoms. The first-order valence-electron chi connectivity index (χ1n) is 6.16. The number of carbonyl (C=O) groups is 1. The van der Waals surface area contributed by atoms with Gasteiger partial charge in [0.2, 0.25) is 0 Å². The fraction of sp³-hybridized carbons (Fsp3) is 0.667. The van der Waals surface area contributed by atoms with E-state index in [1.807, 2.05) is 0 Å². The fourth-order valence-corrected chi connectivity index (χ4v) is 2.75. The van der Waals surface area contributed by atoms with Gasteiger partial charge in [0.15, 0.2) is 5.78 Å². The number of nitrogens with zero attached hydrogens (tertiary/aromatic N) is 2. The van der Waals surface area contributed by atoms with Crippen LogP contribution in [0.1, 0.15) is 23.3 Å². The molecule has 2 heterocycles. The van der Waals surface area contributed by atoms with Gasteiger partial charge in [-0.15, -0.1) is 0 Å². The normalized spacial score (nSPS) is 19.3. The number of halogens is 1. The second-order valence-electron chi connectivity index (χ2n) is 4.54. The second-order valence-corrected chi connectivity index (χ2v) is 5.40. The molecule has 1 aliphatic rings. The number of hydrogen-bond acceptors (Lipinski definition) is 4. The standard InChI is InChI=1S/C12H18BrN3O2/c1-18-5-4-16-12(10(13)8-15-16)11(17)6-9-2-3-14-7-9/h8-9,14H,2-7H2,1H3. The Kier molecular flexibility index (Phi) is 4.91. The van der Waals surface area contributed by atoms with Gasteiger partial charge in [-0.25, -0.2) is 0 Å². The molecule has 0 aliphatic carbocycles. The number of Topliss-reactive ketones (excluding diaryl/α,β-unsaturated/α-hetero) is 1. The molecule has 0 spiro atoms. The molecule has 1 unspecified atom stereocenters. The van der Waals surface area contributed by atoms with Crippen LogP contribution in [0.2, 0.25) is 0 Å². The van der Waals surface area contributed by atoms with Crippen molar-refractivity contribution in [3.05, 3.63) is 16.4 Å². The smallest absolute Gasteiger partial charge is 0.182 e. The van der Waals surface area contributed by atoms with Gasteiger partial charge in [-0.3, -0.25) is 9.48 Å². The van der Waals surface area contributed by atoms with Crippen molar-refractivity contribution < 1.29 is 9.53 Å². The van der Waals surface area contributed by atoms with Crippen molar-refractivity contribution in [2.75, 3.05) is 26.8 Å². The van der Waals surface area contributed by atoms with E-state index >= 15 is 0 Å². The van der Waals surface area contributed by atoms with Crippen molar-refractivity contribution in [1.82, 2.24) is 15.1 Å². The van der Waals surface area contributed by atoms with Crippen molar-refractivity contribution >= 4 is 21.7 Å². The average Bonchev–Trinajstić information content (AvgIpc) is 2.96. The molecule has 100 valence electrons. The lowest BCUT2D eigenvalue weighted by molar-refractivity contribution is 0.0949. The van der Waals surface area contributed by atoms with Crippen LogP contribution in [-0.4, -0.2) is 42.4 Å². The molecule has 1 saturated heterocycles. The number of rotatable bonds is 6. The number of ketones is 1. The minimum Gasteiger partial charge on any atom is -0.383 e. The Balaban J connectivity index is 2.05. The van der Waals surface area contributed by atoms with Gasteiger partial charge in [0, 0.05) is 13.5 Å². The van der Waals surface area contributed by atoms with Crippen LogP contribution < -0.4 is 5.32 Å². The molecular weight excluding hydrogens is 298 g/mol. The minimum absolute atomic E-state index is 0.157. The summed E-state index contributed by atoms with van der Waals surface area (Å²) < 4.78 is 7.52. The van der Waals surface area contributed by atoms with Crippen LogP contribution in [0, 0.1) is 5.92 Å². The number of nitrogens with one attached hydrogen (secondary N) is 1. The number of aromatic nitrogens is 2. The highest BCUT2D eigenvalue weighted by Crippen LogP contribution is 2.21. The lowest BCUT2D eigenvalue weighted by Crippen LogP contribution is -2.18. The van der Waals surface area contributed by atoms with Gasteiger partial charge >= 0.3 is 0 Å². The van der Waals surface area contributed by atoms with E-state index in [0.717, 1.165) is 24.0 Å². The van der Waals surface area contributed by atoms with Gasteiger partial charge in [-0.1, -0.05) is 0 Å². The monoisotopic (exact) mass is 315 g/mol. The Morgan fingerprint density at radius 1 is 1.72 bits per heavy atom. The van der Waals surface area contributed by atoms with E-state index in [2.05, 4.69) is 26.3 Å². The van der Waals surface area contributed by atoms with Crippen LogP contribution in [0.3, 0.4) is 0 Å². The quantitative estimate of drug-likeness (QED) is 0.808. The van der Waals surface area contributed by atoms with Crippen molar-refractivity contribution in [3.8, 4) is 0 Å². The average molecular weight is 316 g/mol. The van der Waals surface area contributed by atoms with Crippen LogP contribution >= 0.6 is 15.9 Å². The van der Waals surface area contributed by atoms with Gasteiger partial charge in [-0.05, 0) is 41.4 Å². The largest absolute Gasteiger partial charge is 0.383 e. The molecule has 0 saturated carbocycles. The Labute approximate surface area is 115 Å². The molecule has 1 aliphatic heterocycles. The zero-order valence-corrected chi connectivity index (χ0v) is 12.1. The summed E-state index contributed by atoms with van der Waals surface area (Å²) in [5, 5.41) is 7.48. The van der Waals surface area contributed by atoms with Crippen LogP contribution in [0.25, 0.3) is 0 Å². The molecular formula is C12H18BrN3O2. The molecule has 0 radical (unpaired) electrons. The number of hydrogen-bond donors (Lipinski definition) is 1. The zero-order valence-electron chi connectivity index (χ0n) is 10.5. The first-order valence-corrected chi connectivity index (χ1v) is 6.96. The van der Waals surface area contributed by atoms with E-state index in [4.69, 9.17) is 4.74 Å². The summed E-state index contributed by atoms with van der Waals surface area (Å²) in [6.45, 7) is 3.11. The predicted octanol–water partition coefficient (Wildman–Crippen LogP) is 1.47. The maximum absolute atomic E-state index is 12.3. The van der Waals surface area contributed by atoms with E-state index in [1.54, 1.807) is 18.0 Å². The Morgan fingerprint density at radius 2 is 2.56 bits per heavy atom. The number of carbonyl (C=O) groups excluding carboxylic acids is 1. The molecule has 2 rings (SSSR count). The highest BCUT2D eigenvalue weighted by molar-refractivity contribution is 9.10. The summed E-state index contributed by atoms with van der Waals surface area (Å²) in [6, 6.07) is 0. The summed E-state index contributed by atoms with van der Waals surface area (Å²) in [7, 11) is 1.64. The number of ether oxygens (including phenoxy) is 1. The third kappa shape index (κ3) is 3.18.